The van der Waals surface area contributed by atoms with Crippen molar-refractivity contribution in [2.24, 2.45) is 0 Å². The molecular formula is C22H17F5N4O4S. The molecule has 0 radical (unpaired) electrons. The third kappa shape index (κ3) is 3.99. The Morgan fingerprint density at radius 2 is 1.89 bits per heavy atom. The summed E-state index contributed by atoms with van der Waals surface area (Å²) in [6, 6.07) is 3.52. The van der Waals surface area contributed by atoms with Crippen LogP contribution in [0, 0.1) is 11.6 Å². The van der Waals surface area contributed by atoms with Gasteiger partial charge in [-0.05, 0) is 31.2 Å². The highest BCUT2D eigenvalue weighted by Gasteiger charge is 2.35. The van der Waals surface area contributed by atoms with Crippen LogP contribution in [0.2, 0.25) is 0 Å². The summed E-state index contributed by atoms with van der Waals surface area (Å²) in [4.78, 5) is 13.1. The van der Waals surface area contributed by atoms with Crippen molar-refractivity contribution >= 4 is 21.0 Å². The first kappa shape index (κ1) is 24.2. The molecule has 0 bridgehead atoms. The van der Waals surface area contributed by atoms with Crippen LogP contribution in [0.15, 0.2) is 45.8 Å². The molecule has 36 heavy (non-hydrogen) atoms. The van der Waals surface area contributed by atoms with Crippen LogP contribution < -0.4 is 10.4 Å². The average Bonchev–Trinajstić information content (AvgIpc) is 3.46. The molecule has 0 spiro atoms. The molecule has 2 aromatic heterocycles. The quantitative estimate of drug-likeness (QED) is 0.399. The van der Waals surface area contributed by atoms with Gasteiger partial charge in [0.25, 0.3) is 0 Å². The van der Waals surface area contributed by atoms with Crippen LogP contribution in [0.25, 0.3) is 27.9 Å². The Bertz CT molecular complexity index is 1650. The number of fused-ring (bicyclic) bond motifs is 2. The normalized spacial score (nSPS) is 16.1. The van der Waals surface area contributed by atoms with Gasteiger partial charge in [0.2, 0.25) is 10.0 Å². The molecule has 1 N–H and O–H groups in total. The van der Waals surface area contributed by atoms with E-state index in [9.17, 15) is 35.2 Å². The molecule has 0 amide bonds. The van der Waals surface area contributed by atoms with Crippen molar-refractivity contribution < 1.29 is 34.9 Å². The van der Waals surface area contributed by atoms with Crippen molar-refractivity contribution in [1.82, 2.24) is 19.0 Å². The van der Waals surface area contributed by atoms with Gasteiger partial charge in [0.15, 0.2) is 11.4 Å². The first-order chi connectivity index (χ1) is 16.9. The number of hydrogen-bond donors (Lipinski definition) is 1. The summed E-state index contributed by atoms with van der Waals surface area (Å²) in [6.45, 7) is 1.49. The summed E-state index contributed by atoms with van der Waals surface area (Å²) in [5, 5.41) is 3.56. The molecule has 4 aromatic rings. The topological polar surface area (TPSA) is 99.1 Å². The molecule has 0 saturated heterocycles. The fraction of sp³-hybridized carbons (Fsp3) is 0.273. The van der Waals surface area contributed by atoms with Crippen molar-refractivity contribution in [3.05, 3.63) is 69.9 Å². The molecule has 0 aliphatic carbocycles. The number of rotatable bonds is 5. The number of alkyl halides is 3. The van der Waals surface area contributed by atoms with Crippen LogP contribution in [0.1, 0.15) is 18.2 Å². The number of hydrogen-bond acceptors (Lipinski definition) is 5. The standard InChI is InChI=1S/C22H17F5N4O4S/c1-2-36(33,34)29-12-8-13-10-31(21(32)30(13)9-12)20-19-14(18-15(23)4-3-5-16(18)24)6-11(22(25,26)27)7-17(19)35-28-20/h3-7,10,12,29H,2,8-9H2,1H3/t12-/m0/s1. The van der Waals surface area contributed by atoms with E-state index in [2.05, 4.69) is 9.88 Å². The van der Waals surface area contributed by atoms with Gasteiger partial charge in [0.1, 0.15) is 11.6 Å². The number of imidazole rings is 1. The van der Waals surface area contributed by atoms with Gasteiger partial charge in [0, 0.05) is 36.5 Å². The molecule has 1 aliphatic rings. The Morgan fingerprint density at radius 3 is 2.50 bits per heavy atom. The zero-order chi connectivity index (χ0) is 26.0. The third-order valence-electron chi connectivity index (χ3n) is 5.99. The first-order valence-corrected chi connectivity index (χ1v) is 12.3. The molecule has 1 atom stereocenters. The maximum atomic E-state index is 14.7. The Hall–Kier alpha value is -3.52. The van der Waals surface area contributed by atoms with Crippen LogP contribution in [0.4, 0.5) is 22.0 Å². The number of halogens is 5. The summed E-state index contributed by atoms with van der Waals surface area (Å²) in [5.41, 5.74) is -3.09. The lowest BCUT2D eigenvalue weighted by Gasteiger charge is -2.12. The van der Waals surface area contributed by atoms with E-state index in [0.717, 1.165) is 22.8 Å². The van der Waals surface area contributed by atoms with Crippen molar-refractivity contribution in [2.75, 3.05) is 5.75 Å². The molecule has 2 aromatic carbocycles. The van der Waals surface area contributed by atoms with Gasteiger partial charge in [-0.15, -0.1) is 0 Å². The number of benzene rings is 2. The fourth-order valence-corrected chi connectivity index (χ4v) is 5.16. The van der Waals surface area contributed by atoms with Gasteiger partial charge in [-0.25, -0.2) is 31.3 Å². The van der Waals surface area contributed by atoms with Gasteiger partial charge in [0.05, 0.1) is 22.3 Å². The summed E-state index contributed by atoms with van der Waals surface area (Å²) in [6.07, 6.45) is -3.34. The minimum absolute atomic E-state index is 0.0171. The van der Waals surface area contributed by atoms with E-state index in [-0.39, 0.29) is 29.9 Å². The monoisotopic (exact) mass is 528 g/mol. The molecule has 8 nitrogen and oxygen atoms in total. The van der Waals surface area contributed by atoms with E-state index >= 15 is 0 Å². The van der Waals surface area contributed by atoms with Crippen molar-refractivity contribution in [3.8, 4) is 16.9 Å². The first-order valence-electron chi connectivity index (χ1n) is 10.7. The molecule has 14 heteroatoms. The highest BCUT2D eigenvalue weighted by molar-refractivity contribution is 7.89. The van der Waals surface area contributed by atoms with Crippen LogP contribution >= 0.6 is 0 Å². The predicted molar refractivity (Wildman–Crippen MR) is 118 cm³/mol. The molecule has 0 fully saturated rings. The Morgan fingerprint density at radius 1 is 1.19 bits per heavy atom. The Balaban J connectivity index is 1.68. The van der Waals surface area contributed by atoms with Gasteiger partial charge < -0.3 is 4.52 Å². The molecule has 0 saturated carbocycles. The number of aromatic nitrogens is 3. The molecule has 5 rings (SSSR count). The van der Waals surface area contributed by atoms with Gasteiger partial charge in [-0.2, -0.15) is 13.2 Å². The van der Waals surface area contributed by atoms with Gasteiger partial charge >= 0.3 is 11.9 Å². The average molecular weight is 528 g/mol. The summed E-state index contributed by atoms with van der Waals surface area (Å²) >= 11 is 0. The van der Waals surface area contributed by atoms with E-state index < -0.39 is 61.8 Å². The fourth-order valence-electron chi connectivity index (χ4n) is 4.33. The van der Waals surface area contributed by atoms with E-state index in [1.165, 1.54) is 17.7 Å². The second kappa shape index (κ2) is 8.27. The van der Waals surface area contributed by atoms with Crippen molar-refractivity contribution in [2.45, 2.75) is 32.1 Å². The Labute approximate surface area is 200 Å². The predicted octanol–water partition coefficient (Wildman–Crippen LogP) is 3.61. The molecular weight excluding hydrogens is 511 g/mol. The molecule has 0 unspecified atom stereocenters. The minimum atomic E-state index is -4.85. The van der Waals surface area contributed by atoms with Gasteiger partial charge in [-0.3, -0.25) is 4.57 Å². The van der Waals surface area contributed by atoms with Gasteiger partial charge in [-0.1, -0.05) is 11.2 Å². The highest BCUT2D eigenvalue weighted by atomic mass is 32.2. The largest absolute Gasteiger partial charge is 0.416 e. The lowest BCUT2D eigenvalue weighted by Crippen LogP contribution is -2.38. The third-order valence-corrected chi connectivity index (χ3v) is 7.44. The van der Waals surface area contributed by atoms with Crippen LogP contribution in [0.3, 0.4) is 0 Å². The highest BCUT2D eigenvalue weighted by Crippen LogP contribution is 2.41. The van der Waals surface area contributed by atoms with Crippen molar-refractivity contribution in [1.29, 1.82) is 0 Å². The minimum Gasteiger partial charge on any atom is -0.354 e. The number of nitrogens with zero attached hydrogens (tertiary/aromatic N) is 3. The van der Waals surface area contributed by atoms with E-state index in [1.54, 1.807) is 0 Å². The van der Waals surface area contributed by atoms with Crippen LogP contribution in [0.5, 0.6) is 0 Å². The van der Waals surface area contributed by atoms with E-state index in [0.29, 0.717) is 17.8 Å². The van der Waals surface area contributed by atoms with Crippen LogP contribution in [-0.4, -0.2) is 34.5 Å². The molecule has 1 aliphatic heterocycles. The second-order valence-electron chi connectivity index (χ2n) is 8.30. The van der Waals surface area contributed by atoms with Crippen molar-refractivity contribution in [3.63, 3.8) is 0 Å². The summed E-state index contributed by atoms with van der Waals surface area (Å²) in [7, 11) is -3.52. The molecule has 190 valence electrons. The molecule has 3 heterocycles. The summed E-state index contributed by atoms with van der Waals surface area (Å²) in [5.74, 6) is -2.61. The summed E-state index contributed by atoms with van der Waals surface area (Å²) < 4.78 is 104. The smallest absolute Gasteiger partial charge is 0.354 e. The maximum Gasteiger partial charge on any atom is 0.416 e. The van der Waals surface area contributed by atoms with E-state index in [1.807, 2.05) is 0 Å². The van der Waals surface area contributed by atoms with E-state index in [4.69, 9.17) is 4.52 Å². The number of sulfonamides is 1. The maximum absolute atomic E-state index is 14.7. The lowest BCUT2D eigenvalue weighted by atomic mass is 9.97. The van der Waals surface area contributed by atoms with Crippen LogP contribution in [-0.2, 0) is 29.2 Å². The second-order valence-corrected chi connectivity index (χ2v) is 10.3. The SMILES string of the molecule is CCS(=O)(=O)N[C@H]1Cc2cn(-c3noc4cc(C(F)(F)F)cc(-c5c(F)cccc5F)c34)c(=O)n2C1. The number of nitrogens with one attached hydrogen (secondary N) is 1. The zero-order valence-electron chi connectivity index (χ0n) is 18.4. The Kier molecular flexibility index (Phi) is 5.55. The lowest BCUT2D eigenvalue weighted by molar-refractivity contribution is -0.137. The zero-order valence-corrected chi connectivity index (χ0v) is 19.3.